The maximum absolute atomic E-state index is 11.0. The molecule has 0 saturated heterocycles. The highest BCUT2D eigenvalue weighted by atomic mass is 28.4. The van der Waals surface area contributed by atoms with Gasteiger partial charge in [-0.2, -0.15) is 0 Å². The van der Waals surface area contributed by atoms with E-state index >= 15 is 0 Å². The van der Waals surface area contributed by atoms with E-state index in [9.17, 15) is 4.79 Å². The Bertz CT molecular complexity index is 319. The average Bonchev–Trinajstić information content (AvgIpc) is 2.78. The van der Waals surface area contributed by atoms with E-state index in [1.807, 2.05) is 0 Å². The van der Waals surface area contributed by atoms with Crippen LogP contribution >= 0.6 is 0 Å². The molecule has 0 bridgehead atoms. The van der Waals surface area contributed by atoms with Gasteiger partial charge in [0.05, 0.1) is 0 Å². The van der Waals surface area contributed by atoms with E-state index in [0.717, 1.165) is 19.4 Å². The van der Waals surface area contributed by atoms with Crippen molar-refractivity contribution in [2.24, 2.45) is 17.3 Å². The Morgan fingerprint density at radius 2 is 2.00 bits per heavy atom. The predicted molar refractivity (Wildman–Crippen MR) is 72.5 cm³/mol. The van der Waals surface area contributed by atoms with Crippen LogP contribution in [0.4, 0.5) is 0 Å². The molecule has 2 nitrogen and oxygen atoms in total. The Labute approximate surface area is 106 Å². The molecule has 2 aliphatic rings. The van der Waals surface area contributed by atoms with Crippen molar-refractivity contribution in [3.05, 3.63) is 0 Å². The molecule has 0 N–H and O–H groups in total. The minimum Gasteiger partial charge on any atom is -0.417 e. The maximum atomic E-state index is 11.0. The first-order valence-electron chi connectivity index (χ1n) is 6.80. The van der Waals surface area contributed by atoms with Gasteiger partial charge in [0.25, 0.3) is 0 Å². The molecule has 0 amide bonds. The zero-order chi connectivity index (χ0) is 12.9. The van der Waals surface area contributed by atoms with Crippen LogP contribution in [0, 0.1) is 17.3 Å². The van der Waals surface area contributed by atoms with Crippen LogP contribution in [0.25, 0.3) is 0 Å². The molecule has 0 aliphatic heterocycles. The average molecular weight is 254 g/mol. The van der Waals surface area contributed by atoms with Crippen LogP contribution in [0.1, 0.15) is 40.0 Å². The van der Waals surface area contributed by atoms with Gasteiger partial charge in [0.15, 0.2) is 8.32 Å². The lowest BCUT2D eigenvalue weighted by atomic mass is 10.00. The smallest absolute Gasteiger partial charge is 0.191 e. The van der Waals surface area contributed by atoms with E-state index in [4.69, 9.17) is 4.43 Å². The van der Waals surface area contributed by atoms with Gasteiger partial charge in [-0.25, -0.2) is 0 Å². The van der Waals surface area contributed by atoms with Crippen LogP contribution in [0.15, 0.2) is 0 Å². The van der Waals surface area contributed by atoms with Crippen LogP contribution in [-0.2, 0) is 9.22 Å². The molecule has 0 aromatic heterocycles. The number of fused-ring (bicyclic) bond motifs is 1. The summed E-state index contributed by atoms with van der Waals surface area (Å²) >= 11 is 0. The summed E-state index contributed by atoms with van der Waals surface area (Å²) in [6.45, 7) is 12.3. The van der Waals surface area contributed by atoms with Gasteiger partial charge in [0.2, 0.25) is 0 Å². The summed E-state index contributed by atoms with van der Waals surface area (Å²) in [6.07, 6.45) is 4.65. The van der Waals surface area contributed by atoms with Gasteiger partial charge in [0.1, 0.15) is 6.29 Å². The third kappa shape index (κ3) is 2.36. The molecule has 2 fully saturated rings. The Morgan fingerprint density at radius 3 is 2.47 bits per heavy atom. The zero-order valence-electron chi connectivity index (χ0n) is 11.9. The summed E-state index contributed by atoms with van der Waals surface area (Å²) in [5.74, 6) is 1.32. The van der Waals surface area contributed by atoms with Gasteiger partial charge < -0.3 is 9.22 Å². The topological polar surface area (TPSA) is 26.3 Å². The van der Waals surface area contributed by atoms with E-state index in [1.165, 1.54) is 12.7 Å². The van der Waals surface area contributed by atoms with E-state index < -0.39 is 8.32 Å². The first kappa shape index (κ1) is 13.3. The molecule has 0 spiro atoms. The van der Waals surface area contributed by atoms with Gasteiger partial charge >= 0.3 is 0 Å². The first-order chi connectivity index (χ1) is 7.70. The van der Waals surface area contributed by atoms with E-state index in [0.29, 0.717) is 11.8 Å². The molecule has 98 valence electrons. The molecule has 1 unspecified atom stereocenters. The minimum atomic E-state index is -1.60. The van der Waals surface area contributed by atoms with Crippen molar-refractivity contribution in [2.45, 2.75) is 58.2 Å². The Morgan fingerprint density at radius 1 is 1.35 bits per heavy atom. The lowest BCUT2D eigenvalue weighted by Crippen LogP contribution is -2.41. The standard InChI is InChI=1S/C14H26O2Si/c1-13(2,3)17(4,5)16-9-11-6-12-8-14(12,7-11)10-15/h10-12H,6-9H2,1-5H3/t11-,12+,14?/m0/s1. The SMILES string of the molecule is CC(C)(C)[Si](C)(C)OC[C@H]1C[C@@H]2CC2(C=O)C1. The van der Waals surface area contributed by atoms with Crippen LogP contribution in [0.2, 0.25) is 18.1 Å². The summed E-state index contributed by atoms with van der Waals surface area (Å²) in [7, 11) is -1.60. The quantitative estimate of drug-likeness (QED) is 0.566. The fourth-order valence-electron chi connectivity index (χ4n) is 2.85. The third-order valence-corrected chi connectivity index (χ3v) is 9.79. The molecule has 3 atom stereocenters. The fraction of sp³-hybridized carbons (Fsp3) is 0.929. The van der Waals surface area contributed by atoms with Crippen LogP contribution in [-0.4, -0.2) is 21.2 Å². The number of hydrogen-bond donors (Lipinski definition) is 0. The summed E-state index contributed by atoms with van der Waals surface area (Å²) < 4.78 is 6.26. The van der Waals surface area contributed by atoms with E-state index in [-0.39, 0.29) is 10.5 Å². The molecular weight excluding hydrogens is 228 g/mol. The predicted octanol–water partition coefficient (Wildman–Crippen LogP) is 3.62. The van der Waals surface area contributed by atoms with Gasteiger partial charge in [0, 0.05) is 12.0 Å². The van der Waals surface area contributed by atoms with Crippen molar-refractivity contribution in [1.82, 2.24) is 0 Å². The summed E-state index contributed by atoms with van der Waals surface area (Å²) in [4.78, 5) is 11.0. The van der Waals surface area contributed by atoms with Gasteiger partial charge in [-0.15, -0.1) is 0 Å². The summed E-state index contributed by atoms with van der Waals surface area (Å²) in [5.41, 5.74) is 0.0848. The van der Waals surface area contributed by atoms with Gasteiger partial charge in [-0.3, -0.25) is 0 Å². The van der Waals surface area contributed by atoms with Crippen molar-refractivity contribution in [2.75, 3.05) is 6.61 Å². The zero-order valence-corrected chi connectivity index (χ0v) is 12.9. The van der Waals surface area contributed by atoms with Crippen LogP contribution in [0.3, 0.4) is 0 Å². The Hall–Kier alpha value is -0.153. The molecule has 0 radical (unpaired) electrons. The molecule has 17 heavy (non-hydrogen) atoms. The summed E-state index contributed by atoms with van der Waals surface area (Å²) in [5, 5.41) is 0.289. The molecule has 2 saturated carbocycles. The van der Waals surface area contributed by atoms with Crippen molar-refractivity contribution in [3.8, 4) is 0 Å². The number of carbonyl (C=O) groups excluding carboxylic acids is 1. The van der Waals surface area contributed by atoms with Crippen molar-refractivity contribution < 1.29 is 9.22 Å². The second-order valence-corrected chi connectivity index (χ2v) is 12.4. The Kier molecular flexibility index (Phi) is 3.06. The summed E-state index contributed by atoms with van der Waals surface area (Å²) in [6, 6.07) is 0. The van der Waals surface area contributed by atoms with Crippen LogP contribution in [0.5, 0.6) is 0 Å². The van der Waals surface area contributed by atoms with Gasteiger partial charge in [-0.05, 0) is 49.2 Å². The fourth-order valence-corrected chi connectivity index (χ4v) is 3.94. The number of aldehydes is 1. The van der Waals surface area contributed by atoms with Gasteiger partial charge in [-0.1, -0.05) is 20.8 Å². The molecular formula is C14H26O2Si. The third-order valence-electron chi connectivity index (χ3n) is 5.29. The van der Waals surface area contributed by atoms with Crippen molar-refractivity contribution in [3.63, 3.8) is 0 Å². The normalized spacial score (nSPS) is 36.8. The van der Waals surface area contributed by atoms with E-state index in [1.54, 1.807) is 0 Å². The first-order valence-corrected chi connectivity index (χ1v) is 9.71. The lowest BCUT2D eigenvalue weighted by Gasteiger charge is -2.37. The number of carbonyl (C=O) groups is 1. The minimum absolute atomic E-state index is 0.0848. The van der Waals surface area contributed by atoms with Crippen molar-refractivity contribution >= 4 is 14.6 Å². The molecule has 2 aliphatic carbocycles. The highest BCUT2D eigenvalue weighted by Crippen LogP contribution is 2.64. The number of hydrogen-bond acceptors (Lipinski definition) is 2. The molecule has 0 aromatic carbocycles. The molecule has 3 heteroatoms. The lowest BCUT2D eigenvalue weighted by molar-refractivity contribution is -0.112. The highest BCUT2D eigenvalue weighted by Gasteiger charge is 2.60. The van der Waals surface area contributed by atoms with Crippen LogP contribution < -0.4 is 0 Å². The maximum Gasteiger partial charge on any atom is 0.191 e. The monoisotopic (exact) mass is 254 g/mol. The Balaban J connectivity index is 1.83. The van der Waals surface area contributed by atoms with Crippen molar-refractivity contribution in [1.29, 1.82) is 0 Å². The second-order valence-electron chi connectivity index (χ2n) is 7.63. The second kappa shape index (κ2) is 3.92. The molecule has 0 heterocycles. The highest BCUT2D eigenvalue weighted by molar-refractivity contribution is 6.74. The largest absolute Gasteiger partial charge is 0.417 e. The molecule has 2 rings (SSSR count). The van der Waals surface area contributed by atoms with E-state index in [2.05, 4.69) is 33.9 Å². The molecule has 0 aromatic rings. The number of rotatable bonds is 4.